The van der Waals surface area contributed by atoms with Crippen molar-refractivity contribution in [1.29, 1.82) is 0 Å². The van der Waals surface area contributed by atoms with Gasteiger partial charge in [-0.1, -0.05) is 64.8 Å². The predicted octanol–water partition coefficient (Wildman–Crippen LogP) is 4.95. The number of amides is 3. The Morgan fingerprint density at radius 2 is 1.66 bits per heavy atom. The molecule has 7 nitrogen and oxygen atoms in total. The van der Waals surface area contributed by atoms with Gasteiger partial charge in [-0.3, -0.25) is 14.5 Å². The zero-order valence-corrected chi connectivity index (χ0v) is 22.6. The van der Waals surface area contributed by atoms with Gasteiger partial charge < -0.3 is 15.4 Å². The molecule has 3 unspecified atom stereocenters. The minimum Gasteiger partial charge on any atom is -0.444 e. The number of rotatable bonds is 11. The number of aryl methyl sites for hydroxylation is 1. The van der Waals surface area contributed by atoms with Crippen molar-refractivity contribution < 1.29 is 19.1 Å². The van der Waals surface area contributed by atoms with E-state index in [0.717, 1.165) is 29.7 Å². The number of hydrogen-bond donors (Lipinski definition) is 2. The summed E-state index contributed by atoms with van der Waals surface area (Å²) in [5.74, 6) is -0.809. The smallest absolute Gasteiger partial charge is 0.408 e. The molecule has 2 N–H and O–H groups in total. The Labute approximate surface area is 211 Å². The molecule has 0 aromatic heterocycles. The Hall–Kier alpha value is -3.01. The van der Waals surface area contributed by atoms with Gasteiger partial charge in [-0.05, 0) is 64.0 Å². The van der Waals surface area contributed by atoms with Crippen molar-refractivity contribution in [3.63, 3.8) is 0 Å². The lowest BCUT2D eigenvalue weighted by atomic mass is 9.98. The molecular weight excluding hydrogens is 442 g/mol. The lowest BCUT2D eigenvalue weighted by Crippen LogP contribution is -2.52. The van der Waals surface area contributed by atoms with E-state index in [0.29, 0.717) is 12.0 Å². The molecule has 0 radical (unpaired) electrons. The zero-order valence-electron chi connectivity index (χ0n) is 22.6. The maximum absolute atomic E-state index is 13.7. The van der Waals surface area contributed by atoms with Crippen LogP contribution in [-0.2, 0) is 20.7 Å². The van der Waals surface area contributed by atoms with Gasteiger partial charge in [-0.15, -0.1) is 0 Å². The Balaban J connectivity index is 3.38. The van der Waals surface area contributed by atoms with Crippen molar-refractivity contribution in [2.45, 2.75) is 105 Å². The van der Waals surface area contributed by atoms with Crippen LogP contribution in [0.5, 0.6) is 0 Å². The molecule has 7 heteroatoms. The van der Waals surface area contributed by atoms with Crippen LogP contribution in [0.3, 0.4) is 0 Å². The van der Waals surface area contributed by atoms with E-state index in [1.807, 2.05) is 58.9 Å². The van der Waals surface area contributed by atoms with E-state index in [-0.39, 0.29) is 17.9 Å². The summed E-state index contributed by atoms with van der Waals surface area (Å²) in [5.41, 5.74) is 0.991. The zero-order chi connectivity index (χ0) is 26.8. The standard InChI is InChI=1S/C28H43N3O4/c1-10-13-20(6)29-25(32)24(22-16-14-21(11-2)15-17-22)31(12-3)26(33)23(18-19(4)5)30-27(34)35-28(7,8)9/h3,14-17,19-20,23-24H,10-11,13,18H2,1-2,4-9H3,(H,29,32)(H,30,34). The average molecular weight is 486 g/mol. The molecular formula is C28H43N3O4. The summed E-state index contributed by atoms with van der Waals surface area (Å²) in [6, 6.07) is 7.86. The first-order valence-electron chi connectivity index (χ1n) is 12.5. The molecule has 194 valence electrons. The fraction of sp³-hybridized carbons (Fsp3) is 0.607. The van der Waals surface area contributed by atoms with Crippen LogP contribution in [0, 0.1) is 18.4 Å². The van der Waals surface area contributed by atoms with Crippen LogP contribution in [0.2, 0.25) is 0 Å². The molecule has 0 aliphatic carbocycles. The summed E-state index contributed by atoms with van der Waals surface area (Å²) >= 11 is 0. The molecule has 0 aliphatic heterocycles. The molecule has 0 saturated heterocycles. The Kier molecular flexibility index (Phi) is 11.8. The lowest BCUT2D eigenvalue weighted by Gasteiger charge is -2.31. The molecule has 1 aromatic rings. The Bertz CT molecular complexity index is 881. The van der Waals surface area contributed by atoms with Crippen LogP contribution in [-0.4, -0.2) is 40.5 Å². The summed E-state index contributed by atoms with van der Waals surface area (Å²) in [6.07, 6.45) is 8.01. The van der Waals surface area contributed by atoms with Crippen LogP contribution in [0.1, 0.15) is 91.8 Å². The second kappa shape index (κ2) is 13.8. The second-order valence-corrected chi connectivity index (χ2v) is 10.4. The van der Waals surface area contributed by atoms with Crippen molar-refractivity contribution in [1.82, 2.24) is 15.5 Å². The Morgan fingerprint density at radius 1 is 1.06 bits per heavy atom. The van der Waals surface area contributed by atoms with E-state index in [2.05, 4.69) is 16.7 Å². The van der Waals surface area contributed by atoms with Crippen molar-refractivity contribution in [3.05, 3.63) is 35.4 Å². The number of hydrogen-bond acceptors (Lipinski definition) is 4. The van der Waals surface area contributed by atoms with Gasteiger partial charge in [0.15, 0.2) is 0 Å². The maximum atomic E-state index is 13.7. The van der Waals surface area contributed by atoms with Gasteiger partial charge in [0.25, 0.3) is 5.91 Å². The van der Waals surface area contributed by atoms with Gasteiger partial charge in [0.05, 0.1) is 0 Å². The van der Waals surface area contributed by atoms with E-state index in [1.54, 1.807) is 20.8 Å². The molecule has 0 fully saturated rings. The van der Waals surface area contributed by atoms with Crippen LogP contribution in [0.25, 0.3) is 0 Å². The van der Waals surface area contributed by atoms with Gasteiger partial charge in [-0.2, -0.15) is 0 Å². The fourth-order valence-electron chi connectivity index (χ4n) is 3.76. The average Bonchev–Trinajstić information content (AvgIpc) is 2.75. The minimum atomic E-state index is -1.03. The van der Waals surface area contributed by atoms with Crippen LogP contribution < -0.4 is 10.6 Å². The normalized spacial score (nSPS) is 13.8. The van der Waals surface area contributed by atoms with Crippen molar-refractivity contribution in [2.75, 3.05) is 0 Å². The third-order valence-corrected chi connectivity index (χ3v) is 5.39. The van der Waals surface area contributed by atoms with Crippen molar-refractivity contribution >= 4 is 17.9 Å². The molecule has 0 spiro atoms. The third kappa shape index (κ3) is 10.0. The maximum Gasteiger partial charge on any atom is 0.408 e. The summed E-state index contributed by atoms with van der Waals surface area (Å²) in [6.45, 7) is 15.1. The van der Waals surface area contributed by atoms with Gasteiger partial charge >= 0.3 is 6.09 Å². The number of nitrogens with zero attached hydrogens (tertiary/aromatic N) is 1. The van der Waals surface area contributed by atoms with Crippen molar-refractivity contribution in [3.8, 4) is 12.5 Å². The van der Waals surface area contributed by atoms with E-state index in [4.69, 9.17) is 11.2 Å². The molecule has 0 heterocycles. The third-order valence-electron chi connectivity index (χ3n) is 5.39. The fourth-order valence-corrected chi connectivity index (χ4v) is 3.76. The number of benzene rings is 1. The predicted molar refractivity (Wildman–Crippen MR) is 139 cm³/mol. The highest BCUT2D eigenvalue weighted by Crippen LogP contribution is 2.24. The number of nitrogens with one attached hydrogen (secondary N) is 2. The van der Waals surface area contributed by atoms with Gasteiger partial charge in [0.2, 0.25) is 5.91 Å². The number of carbonyl (C=O) groups excluding carboxylic acids is 3. The topological polar surface area (TPSA) is 87.7 Å². The molecule has 1 aromatic carbocycles. The Morgan fingerprint density at radius 3 is 2.11 bits per heavy atom. The molecule has 0 bridgehead atoms. The van der Waals surface area contributed by atoms with Crippen LogP contribution in [0.4, 0.5) is 4.79 Å². The highest BCUT2D eigenvalue weighted by molar-refractivity contribution is 5.93. The van der Waals surface area contributed by atoms with Gasteiger partial charge in [-0.25, -0.2) is 4.79 Å². The first kappa shape index (κ1) is 30.0. The number of carbonyl (C=O) groups is 3. The first-order valence-corrected chi connectivity index (χ1v) is 12.5. The summed E-state index contributed by atoms with van der Waals surface area (Å²) in [5, 5.41) is 5.65. The molecule has 35 heavy (non-hydrogen) atoms. The molecule has 3 atom stereocenters. The SMILES string of the molecule is C#CN(C(=O)C(CC(C)C)NC(=O)OC(C)(C)C)C(C(=O)NC(C)CCC)c1ccc(CC)cc1. The summed E-state index contributed by atoms with van der Waals surface area (Å²) in [4.78, 5) is 40.7. The molecule has 1 rings (SSSR count). The van der Waals surface area contributed by atoms with Gasteiger partial charge in [0, 0.05) is 12.1 Å². The van der Waals surface area contributed by atoms with E-state index in [1.165, 1.54) is 0 Å². The van der Waals surface area contributed by atoms with E-state index >= 15 is 0 Å². The summed E-state index contributed by atoms with van der Waals surface area (Å²) < 4.78 is 5.36. The van der Waals surface area contributed by atoms with E-state index in [9.17, 15) is 14.4 Å². The molecule has 3 amide bonds. The van der Waals surface area contributed by atoms with Crippen LogP contribution >= 0.6 is 0 Å². The number of alkyl carbamates (subject to hydrolysis) is 1. The lowest BCUT2D eigenvalue weighted by molar-refractivity contribution is -0.139. The number of terminal acetylenes is 1. The van der Waals surface area contributed by atoms with Gasteiger partial charge in [0.1, 0.15) is 17.7 Å². The molecule has 0 saturated carbocycles. The highest BCUT2D eigenvalue weighted by Gasteiger charge is 2.36. The highest BCUT2D eigenvalue weighted by atomic mass is 16.6. The second-order valence-electron chi connectivity index (χ2n) is 10.4. The first-order chi connectivity index (χ1) is 16.3. The number of ether oxygens (including phenoxy) is 1. The molecule has 0 aliphatic rings. The van der Waals surface area contributed by atoms with Crippen LogP contribution in [0.15, 0.2) is 24.3 Å². The van der Waals surface area contributed by atoms with Crippen molar-refractivity contribution in [2.24, 2.45) is 5.92 Å². The largest absolute Gasteiger partial charge is 0.444 e. The minimum absolute atomic E-state index is 0.0778. The summed E-state index contributed by atoms with van der Waals surface area (Å²) in [7, 11) is 0. The monoisotopic (exact) mass is 485 g/mol. The quantitative estimate of drug-likeness (QED) is 0.343. The van der Waals surface area contributed by atoms with E-state index < -0.39 is 29.7 Å².